The lowest BCUT2D eigenvalue weighted by Gasteiger charge is -2.30. The number of aliphatic carboxylic acids is 1. The molecule has 0 amide bonds. The Morgan fingerprint density at radius 2 is 2.06 bits per heavy atom. The molecule has 1 saturated carbocycles. The molecule has 1 saturated heterocycles. The second kappa shape index (κ2) is 8.64. The fraction of sp³-hybridized carbons (Fsp3) is 0.360. The Hall–Kier alpha value is -3.59. The molecule has 34 heavy (non-hydrogen) atoms. The van der Waals surface area contributed by atoms with E-state index in [4.69, 9.17) is 15.3 Å². The van der Waals surface area contributed by atoms with E-state index in [9.17, 15) is 9.90 Å². The zero-order valence-corrected chi connectivity index (χ0v) is 18.9. The Labute approximate surface area is 197 Å². The van der Waals surface area contributed by atoms with Crippen LogP contribution in [0.15, 0.2) is 59.6 Å². The van der Waals surface area contributed by atoms with Crippen LogP contribution in [-0.2, 0) is 16.2 Å². The average molecular weight is 467 g/mol. The molecule has 2 heterocycles. The number of rotatable bonds is 7. The molecule has 0 radical (unpaired) electrons. The van der Waals surface area contributed by atoms with Crippen molar-refractivity contribution in [1.82, 2.24) is 0 Å². The third-order valence-corrected chi connectivity index (χ3v) is 6.55. The van der Waals surface area contributed by atoms with Crippen molar-refractivity contribution in [2.75, 3.05) is 29.4 Å². The van der Waals surface area contributed by atoms with Crippen LogP contribution in [0.4, 0.5) is 15.8 Å². The minimum Gasteiger partial charge on any atom is -0.475 e. The Kier molecular flexibility index (Phi) is 5.65. The van der Waals surface area contributed by atoms with Gasteiger partial charge in [-0.3, -0.25) is 0 Å². The van der Waals surface area contributed by atoms with Crippen LogP contribution in [0, 0.1) is 11.2 Å². The first-order chi connectivity index (χ1) is 16.4. The highest BCUT2D eigenvalue weighted by atomic mass is 19.1. The highest BCUT2D eigenvalue weighted by Crippen LogP contribution is 2.45. The summed E-state index contributed by atoms with van der Waals surface area (Å²) in [6.45, 7) is 3.52. The van der Waals surface area contributed by atoms with E-state index in [1.807, 2.05) is 47.1 Å². The van der Waals surface area contributed by atoms with Crippen molar-refractivity contribution >= 4 is 23.1 Å². The lowest BCUT2D eigenvalue weighted by atomic mass is 9.88. The van der Waals surface area contributed by atoms with Crippen LogP contribution in [-0.4, -0.2) is 42.5 Å². The topological polar surface area (TPSA) is 101 Å². The van der Waals surface area contributed by atoms with Crippen LogP contribution >= 0.6 is 0 Å². The Balaban J connectivity index is 1.41. The lowest BCUT2D eigenvalue weighted by molar-refractivity contribution is -0.135. The fourth-order valence-electron chi connectivity index (χ4n) is 4.34. The number of carboxylic acid groups (broad SMARTS) is 1. The molecule has 2 aromatic rings. The number of nitrogens with two attached hydrogens (primary N) is 1. The maximum Gasteiger partial charge on any atom is 0.373 e. The van der Waals surface area contributed by atoms with Crippen molar-refractivity contribution in [2.24, 2.45) is 16.3 Å². The Bertz CT molecular complexity index is 1170. The van der Waals surface area contributed by atoms with Crippen molar-refractivity contribution in [3.05, 3.63) is 65.8 Å². The fourth-order valence-corrected chi connectivity index (χ4v) is 4.34. The van der Waals surface area contributed by atoms with Crippen LogP contribution in [0.25, 0.3) is 0 Å². The SMILES string of the molecule is CC1(CN)CN(c2cc3c(cc2F)OC(C(=O)O)=CN3C2CC2)C/C1=N\OCc1ccccc1. The minimum absolute atomic E-state index is 0.187. The van der Waals surface area contributed by atoms with Gasteiger partial charge in [0.2, 0.25) is 5.76 Å². The van der Waals surface area contributed by atoms with E-state index in [1.165, 1.54) is 12.3 Å². The molecule has 0 spiro atoms. The number of fused-ring (bicyclic) bond motifs is 1. The first kappa shape index (κ1) is 22.2. The molecule has 1 aliphatic carbocycles. The summed E-state index contributed by atoms with van der Waals surface area (Å²) in [5, 5.41) is 13.8. The molecule has 0 aromatic heterocycles. The monoisotopic (exact) mass is 466 g/mol. The van der Waals surface area contributed by atoms with Crippen LogP contribution in [0.5, 0.6) is 5.75 Å². The number of anilines is 2. The number of ether oxygens (including phenoxy) is 1. The van der Waals surface area contributed by atoms with Crippen LogP contribution in [0.2, 0.25) is 0 Å². The van der Waals surface area contributed by atoms with Gasteiger partial charge in [0.05, 0.1) is 29.8 Å². The van der Waals surface area contributed by atoms with Gasteiger partial charge in [-0.25, -0.2) is 9.18 Å². The zero-order chi connectivity index (χ0) is 23.9. The maximum atomic E-state index is 15.2. The second-order valence-corrected chi connectivity index (χ2v) is 9.23. The van der Waals surface area contributed by atoms with E-state index in [-0.39, 0.29) is 17.6 Å². The molecule has 9 heteroatoms. The van der Waals surface area contributed by atoms with E-state index in [2.05, 4.69) is 5.16 Å². The summed E-state index contributed by atoms with van der Waals surface area (Å²) in [6.07, 6.45) is 3.38. The van der Waals surface area contributed by atoms with Crippen molar-refractivity contribution < 1.29 is 23.9 Å². The van der Waals surface area contributed by atoms with E-state index in [0.717, 1.165) is 24.1 Å². The average Bonchev–Trinajstić information content (AvgIpc) is 3.62. The summed E-state index contributed by atoms with van der Waals surface area (Å²) in [4.78, 5) is 20.9. The van der Waals surface area contributed by atoms with Gasteiger partial charge in [-0.15, -0.1) is 0 Å². The summed E-state index contributed by atoms with van der Waals surface area (Å²) in [5.74, 6) is -1.69. The number of carbonyl (C=O) groups is 1. The lowest BCUT2D eigenvalue weighted by Crippen LogP contribution is -2.36. The van der Waals surface area contributed by atoms with Gasteiger partial charge < -0.3 is 30.2 Å². The molecular formula is C25H27FN4O4. The summed E-state index contributed by atoms with van der Waals surface area (Å²) in [5.41, 5.74) is 8.44. The third kappa shape index (κ3) is 4.19. The molecule has 1 unspecified atom stereocenters. The van der Waals surface area contributed by atoms with E-state index in [0.29, 0.717) is 37.6 Å². The Morgan fingerprint density at radius 3 is 2.74 bits per heavy atom. The smallest absolute Gasteiger partial charge is 0.373 e. The number of benzene rings is 2. The molecule has 8 nitrogen and oxygen atoms in total. The number of halogens is 1. The standard InChI is InChI=1S/C25H27FN4O4/c1-25(14-27)15-29(12-23(25)28-33-13-16-5-3-2-4-6-16)19-10-20-21(9-18(19)26)34-22(24(31)32)11-30(20)17-7-8-17/h2-6,9-11,17H,7-8,12-15,27H2,1H3,(H,31,32)/b28-23+. The molecule has 3 N–H and O–H groups in total. The van der Waals surface area contributed by atoms with Gasteiger partial charge in [0.15, 0.2) is 5.75 Å². The molecule has 178 valence electrons. The molecule has 2 fully saturated rings. The molecule has 0 bridgehead atoms. The van der Waals surface area contributed by atoms with Gasteiger partial charge in [-0.2, -0.15) is 0 Å². The maximum absolute atomic E-state index is 15.2. The Morgan fingerprint density at radius 1 is 1.29 bits per heavy atom. The largest absolute Gasteiger partial charge is 0.475 e. The number of hydrogen-bond acceptors (Lipinski definition) is 7. The summed E-state index contributed by atoms with van der Waals surface area (Å²) < 4.78 is 20.7. The van der Waals surface area contributed by atoms with Gasteiger partial charge in [0.25, 0.3) is 0 Å². The summed E-state index contributed by atoms with van der Waals surface area (Å²) in [7, 11) is 0. The first-order valence-electron chi connectivity index (χ1n) is 11.3. The molecule has 2 aromatic carbocycles. The van der Waals surface area contributed by atoms with E-state index < -0.39 is 17.2 Å². The molecule has 2 aliphatic heterocycles. The zero-order valence-electron chi connectivity index (χ0n) is 18.9. The van der Waals surface area contributed by atoms with Crippen LogP contribution in [0.3, 0.4) is 0 Å². The van der Waals surface area contributed by atoms with Crippen molar-refractivity contribution in [3.8, 4) is 5.75 Å². The highest BCUT2D eigenvalue weighted by molar-refractivity contribution is 5.97. The molecule has 3 aliphatic rings. The quantitative estimate of drug-likeness (QED) is 0.603. The normalized spacial score (nSPS) is 22.9. The summed E-state index contributed by atoms with van der Waals surface area (Å²) >= 11 is 0. The van der Waals surface area contributed by atoms with Gasteiger partial charge in [-0.05, 0) is 24.5 Å². The predicted octanol–water partition coefficient (Wildman–Crippen LogP) is 3.47. The van der Waals surface area contributed by atoms with Crippen molar-refractivity contribution in [3.63, 3.8) is 0 Å². The second-order valence-electron chi connectivity index (χ2n) is 9.23. The first-order valence-corrected chi connectivity index (χ1v) is 11.3. The summed E-state index contributed by atoms with van der Waals surface area (Å²) in [6, 6.07) is 12.9. The number of nitrogens with zero attached hydrogens (tertiary/aromatic N) is 3. The van der Waals surface area contributed by atoms with Gasteiger partial charge in [0.1, 0.15) is 12.4 Å². The molecule has 1 atom stereocenters. The van der Waals surface area contributed by atoms with E-state index in [1.54, 1.807) is 6.07 Å². The number of oxime groups is 1. The predicted molar refractivity (Wildman–Crippen MR) is 126 cm³/mol. The highest BCUT2D eigenvalue weighted by Gasteiger charge is 2.42. The minimum atomic E-state index is -1.18. The number of carboxylic acids is 1. The molecule has 5 rings (SSSR count). The van der Waals surface area contributed by atoms with Crippen molar-refractivity contribution in [2.45, 2.75) is 32.4 Å². The third-order valence-electron chi connectivity index (χ3n) is 6.55. The van der Waals surface area contributed by atoms with Gasteiger partial charge in [0, 0.05) is 30.6 Å². The molecular weight excluding hydrogens is 439 g/mol. The van der Waals surface area contributed by atoms with Crippen molar-refractivity contribution in [1.29, 1.82) is 0 Å². The number of hydrogen-bond donors (Lipinski definition) is 2. The van der Waals surface area contributed by atoms with Gasteiger partial charge in [-0.1, -0.05) is 42.4 Å². The van der Waals surface area contributed by atoms with Crippen LogP contribution in [0.1, 0.15) is 25.3 Å². The van der Waals surface area contributed by atoms with Gasteiger partial charge >= 0.3 is 5.97 Å². The van der Waals surface area contributed by atoms with E-state index >= 15 is 4.39 Å². The van der Waals surface area contributed by atoms with Crippen LogP contribution < -0.4 is 20.3 Å².